The van der Waals surface area contributed by atoms with Crippen molar-refractivity contribution >= 4 is 34.5 Å². The van der Waals surface area contributed by atoms with Crippen molar-refractivity contribution in [1.29, 1.82) is 5.26 Å². The van der Waals surface area contributed by atoms with Gasteiger partial charge in [-0.3, -0.25) is 0 Å². The van der Waals surface area contributed by atoms with Gasteiger partial charge < -0.3 is 14.6 Å². The number of carbonyl (C=O) groups excluding carboxylic acids is 1. The first-order valence-electron chi connectivity index (χ1n) is 9.58. The van der Waals surface area contributed by atoms with Gasteiger partial charge in [0, 0.05) is 5.39 Å². The highest BCUT2D eigenvalue weighted by Gasteiger charge is 2.22. The van der Waals surface area contributed by atoms with Gasteiger partial charge in [0.2, 0.25) is 0 Å². The first kappa shape index (κ1) is 21.5. The molecular formula is C24H20N2O5. The lowest BCUT2D eigenvalue weighted by molar-refractivity contribution is -0.139. The molecule has 31 heavy (non-hydrogen) atoms. The van der Waals surface area contributed by atoms with Crippen LogP contribution in [-0.4, -0.2) is 35.2 Å². The number of nitriles is 1. The number of nitrogens with zero attached hydrogens (tertiary/aromatic N) is 2. The Balaban J connectivity index is 2.09. The minimum atomic E-state index is -1.07. The molecule has 0 atom stereocenters. The summed E-state index contributed by atoms with van der Waals surface area (Å²) in [5.74, 6) is -1.21. The maximum atomic E-state index is 12.7. The number of carboxylic acid groups (broad SMARTS) is 1. The number of allylic oxidation sites excluding steroid dienone is 1. The van der Waals surface area contributed by atoms with E-state index in [0.717, 1.165) is 5.39 Å². The zero-order chi connectivity index (χ0) is 22.4. The number of ether oxygens (including phenoxy) is 2. The second-order valence-corrected chi connectivity index (χ2v) is 6.62. The minimum absolute atomic E-state index is 0.202. The third-order valence-electron chi connectivity index (χ3n) is 4.56. The van der Waals surface area contributed by atoms with Crippen molar-refractivity contribution in [2.75, 3.05) is 13.2 Å². The molecule has 0 amide bonds. The molecule has 0 radical (unpaired) electrons. The average molecular weight is 416 g/mol. The van der Waals surface area contributed by atoms with E-state index in [1.54, 1.807) is 37.3 Å². The summed E-state index contributed by atoms with van der Waals surface area (Å²) in [6.45, 7) is 3.29. The molecule has 156 valence electrons. The number of benzene rings is 2. The van der Waals surface area contributed by atoms with E-state index in [2.05, 4.69) is 11.1 Å². The highest BCUT2D eigenvalue weighted by Crippen LogP contribution is 2.29. The van der Waals surface area contributed by atoms with Crippen LogP contribution in [-0.2, 0) is 9.53 Å². The molecule has 0 spiro atoms. The van der Waals surface area contributed by atoms with Crippen LogP contribution in [0, 0.1) is 18.3 Å². The molecular weight excluding hydrogens is 396 g/mol. The molecule has 7 heteroatoms. The molecule has 3 aromatic rings. The van der Waals surface area contributed by atoms with E-state index >= 15 is 0 Å². The van der Waals surface area contributed by atoms with Gasteiger partial charge in [0.1, 0.15) is 11.8 Å². The van der Waals surface area contributed by atoms with Crippen LogP contribution in [0.2, 0.25) is 0 Å². The topological polar surface area (TPSA) is 110 Å². The van der Waals surface area contributed by atoms with Crippen molar-refractivity contribution in [2.45, 2.75) is 13.8 Å². The first-order chi connectivity index (χ1) is 14.9. The quantitative estimate of drug-likeness (QED) is 0.453. The maximum Gasteiger partial charge on any atom is 0.341 e. The summed E-state index contributed by atoms with van der Waals surface area (Å²) in [7, 11) is 0. The molecule has 2 aromatic carbocycles. The number of fused-ring (bicyclic) bond motifs is 1. The molecule has 0 aliphatic heterocycles. The van der Waals surface area contributed by atoms with Crippen LogP contribution in [0.1, 0.15) is 34.1 Å². The molecule has 1 N–H and O–H groups in total. The Bertz CT molecular complexity index is 1210. The summed E-state index contributed by atoms with van der Waals surface area (Å²) in [6, 6.07) is 16.1. The Hall–Kier alpha value is -4.18. The number of rotatable bonds is 7. The van der Waals surface area contributed by atoms with E-state index in [1.807, 2.05) is 31.2 Å². The first-order valence-corrected chi connectivity index (χ1v) is 9.58. The van der Waals surface area contributed by atoms with Gasteiger partial charge in [-0.05, 0) is 49.2 Å². The van der Waals surface area contributed by atoms with Crippen molar-refractivity contribution in [3.05, 3.63) is 70.9 Å². The molecule has 7 nitrogen and oxygen atoms in total. The molecule has 0 bridgehead atoms. The molecule has 0 saturated heterocycles. The van der Waals surface area contributed by atoms with E-state index in [1.165, 1.54) is 0 Å². The van der Waals surface area contributed by atoms with Gasteiger partial charge in [-0.15, -0.1) is 0 Å². The Morgan fingerprint density at radius 1 is 1.16 bits per heavy atom. The van der Waals surface area contributed by atoms with Crippen LogP contribution in [0.25, 0.3) is 22.6 Å². The Kier molecular flexibility index (Phi) is 6.63. The number of carboxylic acids is 1. The zero-order valence-corrected chi connectivity index (χ0v) is 17.1. The van der Waals surface area contributed by atoms with E-state index in [4.69, 9.17) is 14.6 Å². The van der Waals surface area contributed by atoms with Crippen molar-refractivity contribution in [1.82, 2.24) is 4.98 Å². The Morgan fingerprint density at radius 3 is 2.52 bits per heavy atom. The van der Waals surface area contributed by atoms with Crippen LogP contribution in [0.15, 0.2) is 48.5 Å². The lowest BCUT2D eigenvalue weighted by atomic mass is 9.97. The van der Waals surface area contributed by atoms with Gasteiger partial charge in [-0.2, -0.15) is 5.26 Å². The molecule has 0 saturated carbocycles. The number of carbonyl (C=O) groups is 2. The van der Waals surface area contributed by atoms with E-state index in [-0.39, 0.29) is 23.4 Å². The number of aliphatic carboxylic acids is 1. The van der Waals surface area contributed by atoms with Crippen molar-refractivity contribution < 1.29 is 24.2 Å². The Morgan fingerprint density at radius 2 is 1.87 bits per heavy atom. The second-order valence-electron chi connectivity index (χ2n) is 6.62. The lowest BCUT2D eigenvalue weighted by Crippen LogP contribution is -2.12. The van der Waals surface area contributed by atoms with Crippen LogP contribution >= 0.6 is 0 Å². The molecule has 1 aromatic heterocycles. The number of esters is 1. The normalized spacial score (nSPS) is 11.1. The number of para-hydroxylation sites is 1. The third kappa shape index (κ3) is 4.87. The summed E-state index contributed by atoms with van der Waals surface area (Å²) in [5, 5.41) is 19.3. The highest BCUT2D eigenvalue weighted by atomic mass is 16.5. The standard InChI is InChI=1S/C24H20N2O5/c1-3-30-24(29)22-15(2)19-6-4-5-7-20(19)26-23(22)17(13-25)12-16-8-10-18(11-9-16)31-14-21(27)28/h4-12H,3,14H2,1-2H3,(H,27,28)/b17-12+. The largest absolute Gasteiger partial charge is 0.482 e. The fourth-order valence-electron chi connectivity index (χ4n) is 3.15. The predicted octanol–water partition coefficient (Wildman–Crippen LogP) is 4.25. The van der Waals surface area contributed by atoms with Crippen LogP contribution in [0.4, 0.5) is 0 Å². The van der Waals surface area contributed by atoms with Gasteiger partial charge in [-0.1, -0.05) is 30.3 Å². The fourth-order valence-corrected chi connectivity index (χ4v) is 3.15. The van der Waals surface area contributed by atoms with E-state index in [0.29, 0.717) is 22.4 Å². The summed E-state index contributed by atoms with van der Waals surface area (Å²) in [5.41, 5.74) is 2.75. The minimum Gasteiger partial charge on any atom is -0.482 e. The highest BCUT2D eigenvalue weighted by molar-refractivity contribution is 6.05. The molecule has 0 unspecified atom stereocenters. The maximum absolute atomic E-state index is 12.7. The number of hydrogen-bond acceptors (Lipinski definition) is 6. The molecule has 0 aliphatic carbocycles. The fraction of sp³-hybridized carbons (Fsp3) is 0.167. The zero-order valence-electron chi connectivity index (χ0n) is 17.1. The van der Waals surface area contributed by atoms with Crippen LogP contribution in [0.5, 0.6) is 5.75 Å². The SMILES string of the molecule is CCOC(=O)c1c(/C(C#N)=C/c2ccc(OCC(=O)O)cc2)nc2ccccc2c1C. The van der Waals surface area contributed by atoms with E-state index in [9.17, 15) is 14.9 Å². The molecule has 3 rings (SSSR count). The van der Waals surface area contributed by atoms with Crippen LogP contribution < -0.4 is 4.74 Å². The van der Waals surface area contributed by atoms with Crippen molar-refractivity contribution in [3.63, 3.8) is 0 Å². The third-order valence-corrected chi connectivity index (χ3v) is 4.56. The Labute approximate surface area is 179 Å². The molecule has 0 aliphatic rings. The summed E-state index contributed by atoms with van der Waals surface area (Å²) in [4.78, 5) is 27.9. The summed E-state index contributed by atoms with van der Waals surface area (Å²) >= 11 is 0. The van der Waals surface area contributed by atoms with Gasteiger partial charge in [0.25, 0.3) is 0 Å². The molecule has 1 heterocycles. The number of aryl methyl sites for hydroxylation is 1. The van der Waals surface area contributed by atoms with Crippen molar-refractivity contribution in [2.24, 2.45) is 0 Å². The van der Waals surface area contributed by atoms with Gasteiger partial charge in [-0.25, -0.2) is 14.6 Å². The number of pyridine rings is 1. The van der Waals surface area contributed by atoms with Crippen LogP contribution in [0.3, 0.4) is 0 Å². The average Bonchev–Trinajstić information content (AvgIpc) is 2.77. The summed E-state index contributed by atoms with van der Waals surface area (Å²) < 4.78 is 10.3. The summed E-state index contributed by atoms with van der Waals surface area (Å²) in [6.07, 6.45) is 1.61. The van der Waals surface area contributed by atoms with Gasteiger partial charge in [0.15, 0.2) is 6.61 Å². The van der Waals surface area contributed by atoms with Crippen molar-refractivity contribution in [3.8, 4) is 11.8 Å². The molecule has 0 fully saturated rings. The lowest BCUT2D eigenvalue weighted by Gasteiger charge is -2.13. The second kappa shape index (κ2) is 9.55. The number of hydrogen-bond donors (Lipinski definition) is 1. The van der Waals surface area contributed by atoms with Gasteiger partial charge >= 0.3 is 11.9 Å². The van der Waals surface area contributed by atoms with Gasteiger partial charge in [0.05, 0.1) is 29.0 Å². The smallest absolute Gasteiger partial charge is 0.341 e. The number of aromatic nitrogens is 1. The monoisotopic (exact) mass is 416 g/mol. The van der Waals surface area contributed by atoms with E-state index < -0.39 is 18.5 Å². The predicted molar refractivity (Wildman–Crippen MR) is 115 cm³/mol.